The van der Waals surface area contributed by atoms with Gasteiger partial charge in [0.05, 0.1) is 8.07 Å². The molecule has 124 valence electrons. The fraction of sp³-hybridized carbons (Fsp3) is 0.600. The minimum atomic E-state index is -2.20. The molecule has 6 heteroatoms. The van der Waals surface area contributed by atoms with Crippen LogP contribution in [0.2, 0.25) is 58.9 Å². The quantitative estimate of drug-likeness (QED) is 0.548. The first kappa shape index (κ1) is 23.3. The summed E-state index contributed by atoms with van der Waals surface area (Å²) in [6.07, 6.45) is 0. The molecule has 0 saturated heterocycles. The number of rotatable bonds is 7. The Balaban J connectivity index is 0. The zero-order chi connectivity index (χ0) is 17.5. The maximum atomic E-state index is 6.15. The standard InChI is InChI=1S/C10H24O2Si3.C5H12Si/c1-9-14(6,7)12-15(8,10-2)11-13(3,4)5;1-5-6(2,3)4/h9-10H,1-2H2,3-8H3;5H,1H2,2-4H3. The van der Waals surface area contributed by atoms with Gasteiger partial charge in [-0.15, -0.1) is 25.4 Å². The van der Waals surface area contributed by atoms with E-state index in [1.807, 2.05) is 11.4 Å². The molecule has 0 aromatic heterocycles. The van der Waals surface area contributed by atoms with Crippen molar-refractivity contribution in [1.29, 1.82) is 0 Å². The summed E-state index contributed by atoms with van der Waals surface area (Å²) in [6, 6.07) is 0. The predicted molar refractivity (Wildman–Crippen MR) is 109 cm³/mol. The highest BCUT2D eigenvalue weighted by molar-refractivity contribution is 6.91. The molecule has 0 bridgehead atoms. The predicted octanol–water partition coefficient (Wildman–Crippen LogP) is 5.63. The summed E-state index contributed by atoms with van der Waals surface area (Å²) in [4.78, 5) is 0. The Morgan fingerprint density at radius 3 is 1.19 bits per heavy atom. The fourth-order valence-electron chi connectivity index (χ4n) is 1.28. The van der Waals surface area contributed by atoms with E-state index in [9.17, 15) is 0 Å². The lowest BCUT2D eigenvalue weighted by atomic mass is 11.3. The van der Waals surface area contributed by atoms with Gasteiger partial charge < -0.3 is 8.23 Å². The molecule has 0 rings (SSSR count). The molecule has 1 atom stereocenters. The van der Waals surface area contributed by atoms with Crippen molar-refractivity contribution in [3.8, 4) is 0 Å². The second kappa shape index (κ2) is 8.59. The first-order valence-electron chi connectivity index (χ1n) is 7.41. The van der Waals surface area contributed by atoms with E-state index in [0.717, 1.165) is 0 Å². The van der Waals surface area contributed by atoms with Crippen LogP contribution in [0.25, 0.3) is 0 Å². The Hall–Kier alpha value is 0.00753. The normalized spacial score (nSPS) is 15.3. The lowest BCUT2D eigenvalue weighted by molar-refractivity contribution is 0.405. The summed E-state index contributed by atoms with van der Waals surface area (Å²) in [6.45, 7) is 31.0. The van der Waals surface area contributed by atoms with Gasteiger partial charge in [0.25, 0.3) is 0 Å². The van der Waals surface area contributed by atoms with Crippen molar-refractivity contribution in [2.24, 2.45) is 0 Å². The van der Waals surface area contributed by atoms with Crippen molar-refractivity contribution in [2.75, 3.05) is 0 Å². The third-order valence-corrected chi connectivity index (χ3v) is 13.2. The first-order chi connectivity index (χ1) is 9.10. The van der Waals surface area contributed by atoms with E-state index >= 15 is 0 Å². The molecule has 0 heterocycles. The average molecular weight is 361 g/mol. The van der Waals surface area contributed by atoms with Crippen LogP contribution in [0.15, 0.2) is 36.8 Å². The Morgan fingerprint density at radius 1 is 0.619 bits per heavy atom. The third-order valence-electron chi connectivity index (χ3n) is 2.45. The molecule has 0 aromatic rings. The van der Waals surface area contributed by atoms with Gasteiger partial charge in [-0.1, -0.05) is 31.0 Å². The molecule has 0 aliphatic carbocycles. The van der Waals surface area contributed by atoms with Gasteiger partial charge in [0.2, 0.25) is 0 Å². The Bertz CT molecular complexity index is 354. The van der Waals surface area contributed by atoms with E-state index < -0.39 is 33.3 Å². The second-order valence-electron chi connectivity index (χ2n) is 7.91. The molecule has 0 radical (unpaired) electrons. The lowest BCUT2D eigenvalue weighted by Crippen LogP contribution is -2.51. The van der Waals surface area contributed by atoms with Crippen LogP contribution in [0.4, 0.5) is 0 Å². The topological polar surface area (TPSA) is 18.5 Å². The summed E-state index contributed by atoms with van der Waals surface area (Å²) in [5.74, 6) is 0. The number of hydrogen-bond acceptors (Lipinski definition) is 2. The van der Waals surface area contributed by atoms with E-state index in [2.05, 4.69) is 84.4 Å². The molecule has 0 aliphatic rings. The summed E-state index contributed by atoms with van der Waals surface area (Å²) >= 11 is 0. The molecule has 1 unspecified atom stereocenters. The average Bonchev–Trinajstić information content (AvgIpc) is 2.25. The van der Waals surface area contributed by atoms with Crippen molar-refractivity contribution < 1.29 is 8.23 Å². The molecule has 0 aliphatic heterocycles. The summed E-state index contributed by atoms with van der Waals surface area (Å²) in [5, 5.41) is 0. The van der Waals surface area contributed by atoms with Crippen LogP contribution in [-0.4, -0.2) is 33.3 Å². The number of hydrogen-bond donors (Lipinski definition) is 0. The largest absolute Gasteiger partial charge is 0.434 e. The van der Waals surface area contributed by atoms with Gasteiger partial charge in [-0.3, -0.25) is 0 Å². The maximum Gasteiger partial charge on any atom is 0.340 e. The van der Waals surface area contributed by atoms with Crippen LogP contribution in [0, 0.1) is 0 Å². The molecule has 0 saturated carbocycles. The highest BCUT2D eigenvalue weighted by Crippen LogP contribution is 2.21. The molecule has 21 heavy (non-hydrogen) atoms. The van der Waals surface area contributed by atoms with Gasteiger partial charge in [-0.2, -0.15) is 0 Å². The van der Waals surface area contributed by atoms with Crippen molar-refractivity contribution in [1.82, 2.24) is 0 Å². The molecule has 2 nitrogen and oxygen atoms in total. The monoisotopic (exact) mass is 360 g/mol. The zero-order valence-electron chi connectivity index (χ0n) is 15.7. The minimum Gasteiger partial charge on any atom is -0.434 e. The Labute approximate surface area is 137 Å². The van der Waals surface area contributed by atoms with E-state index in [1.165, 1.54) is 0 Å². The molecule has 0 amide bonds. The molecule has 0 spiro atoms. The van der Waals surface area contributed by atoms with Crippen LogP contribution in [-0.2, 0) is 8.23 Å². The molecular weight excluding hydrogens is 325 g/mol. The third kappa shape index (κ3) is 14.7. The summed E-state index contributed by atoms with van der Waals surface area (Å²) < 4.78 is 12.3. The van der Waals surface area contributed by atoms with E-state index in [1.54, 1.807) is 0 Å². The smallest absolute Gasteiger partial charge is 0.340 e. The molecular formula is C15H36O2Si4. The van der Waals surface area contributed by atoms with Crippen molar-refractivity contribution >= 4 is 33.3 Å². The molecule has 0 N–H and O–H groups in total. The fourth-order valence-corrected chi connectivity index (χ4v) is 11.9. The molecule has 0 fully saturated rings. The summed E-state index contributed by atoms with van der Waals surface area (Å²) in [7, 11) is -6.42. The van der Waals surface area contributed by atoms with Crippen LogP contribution < -0.4 is 0 Å². The van der Waals surface area contributed by atoms with E-state index in [-0.39, 0.29) is 0 Å². The van der Waals surface area contributed by atoms with Crippen LogP contribution in [0.5, 0.6) is 0 Å². The second-order valence-corrected chi connectivity index (χ2v) is 25.0. The van der Waals surface area contributed by atoms with E-state index in [0.29, 0.717) is 0 Å². The van der Waals surface area contributed by atoms with Crippen molar-refractivity contribution in [2.45, 2.75) is 58.9 Å². The van der Waals surface area contributed by atoms with Gasteiger partial charge in [-0.25, -0.2) is 0 Å². The van der Waals surface area contributed by atoms with Crippen LogP contribution in [0.3, 0.4) is 0 Å². The highest BCUT2D eigenvalue weighted by atomic mass is 28.5. The van der Waals surface area contributed by atoms with Gasteiger partial charge >= 0.3 is 8.56 Å². The zero-order valence-corrected chi connectivity index (χ0v) is 19.7. The van der Waals surface area contributed by atoms with Gasteiger partial charge in [0.1, 0.15) is 0 Å². The van der Waals surface area contributed by atoms with Crippen molar-refractivity contribution in [3.63, 3.8) is 0 Å². The SMILES string of the molecule is C=C[Si](C)(C)C.C=C[Si](C)(C)O[Si](C)(C=C)O[Si](C)(C)C. The lowest BCUT2D eigenvalue weighted by Gasteiger charge is -2.36. The molecule has 0 aromatic carbocycles. The first-order valence-corrected chi connectivity index (χ1v) is 19.8. The van der Waals surface area contributed by atoms with Crippen molar-refractivity contribution in [3.05, 3.63) is 36.8 Å². The van der Waals surface area contributed by atoms with E-state index in [4.69, 9.17) is 8.23 Å². The van der Waals surface area contributed by atoms with Gasteiger partial charge in [0.15, 0.2) is 16.6 Å². The highest BCUT2D eigenvalue weighted by Gasteiger charge is 2.38. The Morgan fingerprint density at radius 2 is 1.00 bits per heavy atom. The minimum absolute atomic E-state index is 0.867. The van der Waals surface area contributed by atoms with Crippen LogP contribution >= 0.6 is 0 Å². The van der Waals surface area contributed by atoms with Crippen LogP contribution in [0.1, 0.15) is 0 Å². The summed E-state index contributed by atoms with van der Waals surface area (Å²) in [5.41, 5.74) is 5.89. The maximum absolute atomic E-state index is 6.15. The van der Waals surface area contributed by atoms with Gasteiger partial charge in [-0.05, 0) is 39.3 Å². The Kier molecular flexibility index (Phi) is 9.52. The van der Waals surface area contributed by atoms with Gasteiger partial charge in [0, 0.05) is 0 Å².